The van der Waals surface area contributed by atoms with E-state index in [-0.39, 0.29) is 11.4 Å². The van der Waals surface area contributed by atoms with E-state index in [1.165, 1.54) is 6.42 Å². The minimum Gasteiger partial charge on any atom is -0.461 e. The first-order chi connectivity index (χ1) is 8.63. The summed E-state index contributed by atoms with van der Waals surface area (Å²) in [5.74, 6) is -0.157. The maximum absolute atomic E-state index is 11.7. The zero-order valence-electron chi connectivity index (χ0n) is 10.3. The Kier molecular flexibility index (Phi) is 4.25. The third kappa shape index (κ3) is 3.24. The number of hydrogen-bond donors (Lipinski definition) is 1. The van der Waals surface area contributed by atoms with E-state index in [2.05, 4.69) is 0 Å². The van der Waals surface area contributed by atoms with Crippen molar-refractivity contribution in [3.63, 3.8) is 0 Å². The van der Waals surface area contributed by atoms with Crippen molar-refractivity contribution in [2.45, 2.75) is 32.3 Å². The molecule has 18 heavy (non-hydrogen) atoms. The van der Waals surface area contributed by atoms with Crippen LogP contribution in [-0.2, 0) is 16.1 Å². The van der Waals surface area contributed by atoms with Gasteiger partial charge in [-0.25, -0.2) is 0 Å². The third-order valence-corrected chi connectivity index (χ3v) is 3.93. The maximum atomic E-state index is 11.7. The summed E-state index contributed by atoms with van der Waals surface area (Å²) in [6, 6.07) is 7.30. The van der Waals surface area contributed by atoms with Gasteiger partial charge in [-0.2, -0.15) is 0 Å². The van der Waals surface area contributed by atoms with Gasteiger partial charge in [-0.1, -0.05) is 30.2 Å². The van der Waals surface area contributed by atoms with Crippen molar-refractivity contribution in [3.05, 3.63) is 34.9 Å². The van der Waals surface area contributed by atoms with Crippen molar-refractivity contribution in [2.75, 3.05) is 6.54 Å². The van der Waals surface area contributed by atoms with E-state index in [1.807, 2.05) is 12.1 Å². The Morgan fingerprint density at radius 3 is 2.50 bits per heavy atom. The van der Waals surface area contributed by atoms with Crippen molar-refractivity contribution in [1.82, 2.24) is 0 Å². The lowest BCUT2D eigenvalue weighted by atomic mass is 9.67. The number of hydrogen-bond acceptors (Lipinski definition) is 3. The first kappa shape index (κ1) is 13.4. The SMILES string of the molecule is NCC1(CC(=O)OCc2ccc(Cl)cc2)CCC1. The predicted octanol–water partition coefficient (Wildman–Crippen LogP) is 2.90. The minimum atomic E-state index is -0.157. The molecule has 0 amide bonds. The Morgan fingerprint density at radius 1 is 1.33 bits per heavy atom. The van der Waals surface area contributed by atoms with E-state index in [9.17, 15) is 4.79 Å². The topological polar surface area (TPSA) is 52.3 Å². The van der Waals surface area contributed by atoms with Crippen molar-refractivity contribution in [3.8, 4) is 0 Å². The van der Waals surface area contributed by atoms with Gasteiger partial charge in [0, 0.05) is 5.02 Å². The van der Waals surface area contributed by atoms with Gasteiger partial charge in [0.05, 0.1) is 6.42 Å². The van der Waals surface area contributed by atoms with Gasteiger partial charge in [-0.15, -0.1) is 0 Å². The summed E-state index contributed by atoms with van der Waals surface area (Å²) in [5, 5.41) is 0.682. The molecule has 0 aliphatic heterocycles. The second-order valence-electron chi connectivity index (χ2n) is 5.02. The van der Waals surface area contributed by atoms with Crippen LogP contribution in [0.2, 0.25) is 5.02 Å². The summed E-state index contributed by atoms with van der Waals surface area (Å²) in [6.45, 7) is 0.875. The van der Waals surface area contributed by atoms with Crippen LogP contribution in [0.4, 0.5) is 0 Å². The molecule has 0 unspecified atom stereocenters. The fraction of sp³-hybridized carbons (Fsp3) is 0.500. The molecule has 98 valence electrons. The molecule has 0 heterocycles. The van der Waals surface area contributed by atoms with Crippen LogP contribution in [0.3, 0.4) is 0 Å². The number of rotatable bonds is 5. The molecule has 0 bridgehead atoms. The molecular weight excluding hydrogens is 250 g/mol. The zero-order chi connectivity index (χ0) is 13.0. The Balaban J connectivity index is 1.79. The van der Waals surface area contributed by atoms with Gasteiger partial charge in [-0.05, 0) is 42.5 Å². The maximum Gasteiger partial charge on any atom is 0.306 e. The van der Waals surface area contributed by atoms with E-state index < -0.39 is 0 Å². The molecular formula is C14H18ClNO2. The molecule has 0 radical (unpaired) electrons. The minimum absolute atomic E-state index is 0.0110. The van der Waals surface area contributed by atoms with Gasteiger partial charge in [0.2, 0.25) is 0 Å². The van der Waals surface area contributed by atoms with E-state index in [1.54, 1.807) is 12.1 Å². The first-order valence-corrected chi connectivity index (χ1v) is 6.61. The smallest absolute Gasteiger partial charge is 0.306 e. The molecule has 3 nitrogen and oxygen atoms in total. The van der Waals surface area contributed by atoms with Gasteiger partial charge < -0.3 is 10.5 Å². The van der Waals surface area contributed by atoms with E-state index in [0.717, 1.165) is 18.4 Å². The highest BCUT2D eigenvalue weighted by atomic mass is 35.5. The Hall–Kier alpha value is -1.06. The molecule has 2 rings (SSSR count). The van der Waals surface area contributed by atoms with Crippen LogP contribution in [-0.4, -0.2) is 12.5 Å². The Bertz CT molecular complexity index is 407. The normalized spacial score (nSPS) is 17.0. The summed E-state index contributed by atoms with van der Waals surface area (Å²) in [6.07, 6.45) is 3.69. The molecule has 0 aromatic heterocycles. The van der Waals surface area contributed by atoms with Crippen molar-refractivity contribution >= 4 is 17.6 Å². The molecule has 0 atom stereocenters. The molecule has 1 aliphatic rings. The summed E-state index contributed by atoms with van der Waals surface area (Å²) < 4.78 is 5.26. The summed E-state index contributed by atoms with van der Waals surface area (Å²) in [5.41, 5.74) is 6.68. The molecule has 0 spiro atoms. The van der Waals surface area contributed by atoms with E-state index >= 15 is 0 Å². The molecule has 1 aromatic carbocycles. The molecule has 1 aliphatic carbocycles. The average Bonchev–Trinajstić information content (AvgIpc) is 2.33. The summed E-state index contributed by atoms with van der Waals surface area (Å²) in [7, 11) is 0. The number of esters is 1. The van der Waals surface area contributed by atoms with Crippen LogP contribution in [0.5, 0.6) is 0 Å². The lowest BCUT2D eigenvalue weighted by molar-refractivity contribution is -0.149. The monoisotopic (exact) mass is 267 g/mol. The Morgan fingerprint density at radius 2 is 2.00 bits per heavy atom. The van der Waals surface area contributed by atoms with E-state index in [0.29, 0.717) is 24.6 Å². The number of halogens is 1. The molecule has 1 fully saturated rings. The number of ether oxygens (including phenoxy) is 1. The van der Waals surface area contributed by atoms with Crippen LogP contribution in [0.25, 0.3) is 0 Å². The highest BCUT2D eigenvalue weighted by Crippen LogP contribution is 2.43. The highest BCUT2D eigenvalue weighted by molar-refractivity contribution is 6.30. The lowest BCUT2D eigenvalue weighted by Gasteiger charge is -2.40. The molecule has 1 saturated carbocycles. The van der Waals surface area contributed by atoms with E-state index in [4.69, 9.17) is 22.1 Å². The van der Waals surface area contributed by atoms with Crippen LogP contribution < -0.4 is 5.73 Å². The lowest BCUT2D eigenvalue weighted by Crippen LogP contribution is -2.39. The quantitative estimate of drug-likeness (QED) is 0.835. The second-order valence-corrected chi connectivity index (χ2v) is 5.46. The van der Waals surface area contributed by atoms with Gasteiger partial charge in [-0.3, -0.25) is 4.79 Å². The molecule has 0 saturated heterocycles. The van der Waals surface area contributed by atoms with Crippen molar-refractivity contribution < 1.29 is 9.53 Å². The number of carbonyl (C=O) groups excluding carboxylic acids is 1. The number of nitrogens with two attached hydrogens (primary N) is 1. The van der Waals surface area contributed by atoms with Crippen molar-refractivity contribution in [2.24, 2.45) is 11.1 Å². The van der Waals surface area contributed by atoms with Crippen LogP contribution in [0, 0.1) is 5.41 Å². The third-order valence-electron chi connectivity index (χ3n) is 3.68. The molecule has 4 heteroatoms. The fourth-order valence-electron chi connectivity index (χ4n) is 2.23. The number of carbonyl (C=O) groups is 1. The standard InChI is InChI=1S/C14H18ClNO2/c15-12-4-2-11(3-5-12)9-18-13(17)8-14(10-16)6-1-7-14/h2-5H,1,6-10,16H2. The van der Waals surface area contributed by atoms with Crippen LogP contribution in [0.15, 0.2) is 24.3 Å². The summed E-state index contributed by atoms with van der Waals surface area (Å²) in [4.78, 5) is 11.7. The van der Waals surface area contributed by atoms with Gasteiger partial charge in [0.15, 0.2) is 0 Å². The highest BCUT2D eigenvalue weighted by Gasteiger charge is 2.38. The molecule has 2 N–H and O–H groups in total. The average molecular weight is 268 g/mol. The number of benzene rings is 1. The first-order valence-electron chi connectivity index (χ1n) is 6.24. The molecule has 1 aromatic rings. The van der Waals surface area contributed by atoms with Gasteiger partial charge in [0.1, 0.15) is 6.61 Å². The van der Waals surface area contributed by atoms with Gasteiger partial charge in [0.25, 0.3) is 0 Å². The summed E-state index contributed by atoms with van der Waals surface area (Å²) >= 11 is 5.79. The fourth-order valence-corrected chi connectivity index (χ4v) is 2.36. The van der Waals surface area contributed by atoms with Crippen molar-refractivity contribution in [1.29, 1.82) is 0 Å². The predicted molar refractivity (Wildman–Crippen MR) is 71.2 cm³/mol. The second kappa shape index (κ2) is 5.72. The Labute approximate surface area is 112 Å². The largest absolute Gasteiger partial charge is 0.461 e. The zero-order valence-corrected chi connectivity index (χ0v) is 11.1. The van der Waals surface area contributed by atoms with Crippen LogP contribution in [0.1, 0.15) is 31.2 Å². The van der Waals surface area contributed by atoms with Crippen LogP contribution >= 0.6 is 11.6 Å². The van der Waals surface area contributed by atoms with Gasteiger partial charge >= 0.3 is 5.97 Å².